The molecule has 124 valence electrons. The molecule has 0 fully saturated rings. The van der Waals surface area contributed by atoms with Gasteiger partial charge in [-0.25, -0.2) is 0 Å². The Bertz CT molecular complexity index is 378. The fourth-order valence-electron chi connectivity index (χ4n) is 2.56. The maximum absolute atomic E-state index is 11.7. The van der Waals surface area contributed by atoms with Crippen LogP contribution >= 0.6 is 0 Å². The highest BCUT2D eigenvalue weighted by molar-refractivity contribution is 5.90. The van der Waals surface area contributed by atoms with E-state index in [0.717, 1.165) is 31.4 Å². The van der Waals surface area contributed by atoms with E-state index in [1.54, 1.807) is 0 Å². The van der Waals surface area contributed by atoms with Crippen molar-refractivity contribution in [2.24, 2.45) is 0 Å². The lowest BCUT2D eigenvalue weighted by Gasteiger charge is -2.05. The van der Waals surface area contributed by atoms with Crippen LogP contribution < -0.4 is 5.32 Å². The van der Waals surface area contributed by atoms with Crippen LogP contribution in [0.15, 0.2) is 30.3 Å². The maximum Gasteiger partial charge on any atom is 0.224 e. The topological polar surface area (TPSA) is 49.3 Å². The van der Waals surface area contributed by atoms with Crippen LogP contribution in [0.5, 0.6) is 0 Å². The molecule has 22 heavy (non-hydrogen) atoms. The summed E-state index contributed by atoms with van der Waals surface area (Å²) < 4.78 is 0. The first kappa shape index (κ1) is 18.7. The highest BCUT2D eigenvalue weighted by Crippen LogP contribution is 2.12. The number of rotatable bonds is 13. The number of amides is 1. The summed E-state index contributed by atoms with van der Waals surface area (Å²) in [6.45, 7) is 0.331. The lowest BCUT2D eigenvalue weighted by Crippen LogP contribution is -2.10. The normalized spacial score (nSPS) is 10.6. The zero-order valence-electron chi connectivity index (χ0n) is 13.7. The summed E-state index contributed by atoms with van der Waals surface area (Å²) in [6, 6.07) is 9.64. The van der Waals surface area contributed by atoms with Gasteiger partial charge in [0.15, 0.2) is 0 Å². The third-order valence-electron chi connectivity index (χ3n) is 3.87. The molecule has 3 heteroatoms. The van der Waals surface area contributed by atoms with Crippen molar-refractivity contribution in [1.29, 1.82) is 0 Å². The molecule has 2 N–H and O–H groups in total. The first-order valence-electron chi connectivity index (χ1n) is 8.78. The average molecular weight is 305 g/mol. The number of carbonyl (C=O) groups excluding carboxylic acids is 1. The molecule has 0 aromatic heterocycles. The van der Waals surface area contributed by atoms with Gasteiger partial charge < -0.3 is 10.4 Å². The van der Waals surface area contributed by atoms with E-state index in [2.05, 4.69) is 5.32 Å². The van der Waals surface area contributed by atoms with E-state index in [-0.39, 0.29) is 5.91 Å². The molecule has 0 unspecified atom stereocenters. The van der Waals surface area contributed by atoms with Crippen LogP contribution in [-0.2, 0) is 4.79 Å². The summed E-state index contributed by atoms with van der Waals surface area (Å²) in [6.07, 6.45) is 12.5. The van der Waals surface area contributed by atoms with Gasteiger partial charge in [0.2, 0.25) is 5.91 Å². The van der Waals surface area contributed by atoms with Gasteiger partial charge in [0.1, 0.15) is 0 Å². The molecule has 1 aromatic carbocycles. The Hall–Kier alpha value is -1.35. The zero-order chi connectivity index (χ0) is 15.9. The highest BCUT2D eigenvalue weighted by Gasteiger charge is 2.01. The van der Waals surface area contributed by atoms with Crippen LogP contribution in [0, 0.1) is 0 Å². The molecule has 1 aromatic rings. The maximum atomic E-state index is 11.7. The molecule has 0 aliphatic rings. The zero-order valence-corrected chi connectivity index (χ0v) is 13.7. The third-order valence-corrected chi connectivity index (χ3v) is 3.87. The molecule has 0 heterocycles. The Morgan fingerprint density at radius 2 is 1.27 bits per heavy atom. The van der Waals surface area contributed by atoms with Crippen molar-refractivity contribution in [1.82, 2.24) is 0 Å². The molecule has 3 nitrogen and oxygen atoms in total. The standard InChI is InChI=1S/C19H31NO2/c21-17-13-8-6-4-2-1-3-5-7-12-16-19(22)20-18-14-10-9-11-15-18/h9-11,14-15,21H,1-8,12-13,16-17H2,(H,20,22). The van der Waals surface area contributed by atoms with E-state index in [9.17, 15) is 4.79 Å². The Morgan fingerprint density at radius 3 is 1.82 bits per heavy atom. The van der Waals surface area contributed by atoms with Crippen molar-refractivity contribution >= 4 is 11.6 Å². The van der Waals surface area contributed by atoms with Crippen molar-refractivity contribution in [2.45, 2.75) is 70.6 Å². The molecular weight excluding hydrogens is 274 g/mol. The van der Waals surface area contributed by atoms with Crippen molar-refractivity contribution in [3.63, 3.8) is 0 Å². The molecule has 0 saturated heterocycles. The van der Waals surface area contributed by atoms with Gasteiger partial charge in [0, 0.05) is 18.7 Å². The summed E-state index contributed by atoms with van der Waals surface area (Å²) in [5.74, 6) is 0.120. The summed E-state index contributed by atoms with van der Waals surface area (Å²) in [4.78, 5) is 11.7. The van der Waals surface area contributed by atoms with E-state index >= 15 is 0 Å². The molecule has 0 radical (unpaired) electrons. The van der Waals surface area contributed by atoms with E-state index in [1.807, 2.05) is 30.3 Å². The number of carbonyl (C=O) groups is 1. The number of anilines is 1. The number of hydrogen-bond acceptors (Lipinski definition) is 2. The second kappa shape index (κ2) is 13.3. The monoisotopic (exact) mass is 305 g/mol. The molecule has 1 amide bonds. The van der Waals surface area contributed by atoms with Crippen molar-refractivity contribution < 1.29 is 9.90 Å². The van der Waals surface area contributed by atoms with Gasteiger partial charge in [-0.15, -0.1) is 0 Å². The smallest absolute Gasteiger partial charge is 0.224 e. The van der Waals surface area contributed by atoms with Crippen molar-refractivity contribution in [2.75, 3.05) is 11.9 Å². The first-order chi connectivity index (χ1) is 10.8. The van der Waals surface area contributed by atoms with Crippen LogP contribution in [0.4, 0.5) is 5.69 Å². The average Bonchev–Trinajstić information content (AvgIpc) is 2.53. The van der Waals surface area contributed by atoms with E-state index < -0.39 is 0 Å². The Kier molecular flexibility index (Phi) is 11.3. The lowest BCUT2D eigenvalue weighted by molar-refractivity contribution is -0.116. The fraction of sp³-hybridized carbons (Fsp3) is 0.632. The number of aliphatic hydroxyl groups excluding tert-OH is 1. The number of aliphatic hydroxyl groups is 1. The molecule has 0 atom stereocenters. The lowest BCUT2D eigenvalue weighted by atomic mass is 10.1. The van der Waals surface area contributed by atoms with Crippen molar-refractivity contribution in [3.05, 3.63) is 30.3 Å². The van der Waals surface area contributed by atoms with Crippen LogP contribution in [0.2, 0.25) is 0 Å². The Balaban J connectivity index is 1.86. The molecule has 1 rings (SSSR count). The van der Waals surface area contributed by atoms with E-state index in [1.165, 1.54) is 38.5 Å². The summed E-state index contributed by atoms with van der Waals surface area (Å²) >= 11 is 0. The van der Waals surface area contributed by atoms with Gasteiger partial charge in [0.05, 0.1) is 0 Å². The minimum absolute atomic E-state index is 0.120. The third kappa shape index (κ3) is 10.4. The molecule has 0 aliphatic heterocycles. The van der Waals surface area contributed by atoms with Gasteiger partial charge in [-0.2, -0.15) is 0 Å². The second-order valence-electron chi connectivity index (χ2n) is 5.92. The predicted octanol–water partition coefficient (Wildman–Crippen LogP) is 4.91. The van der Waals surface area contributed by atoms with E-state index in [0.29, 0.717) is 13.0 Å². The van der Waals surface area contributed by atoms with Crippen LogP contribution in [0.25, 0.3) is 0 Å². The molecular formula is C19H31NO2. The molecule has 0 aliphatic carbocycles. The summed E-state index contributed by atoms with van der Waals surface area (Å²) in [5, 5.41) is 11.6. The van der Waals surface area contributed by atoms with Crippen LogP contribution in [0.1, 0.15) is 70.6 Å². The largest absolute Gasteiger partial charge is 0.396 e. The number of nitrogens with one attached hydrogen (secondary N) is 1. The van der Waals surface area contributed by atoms with Gasteiger partial charge in [0.25, 0.3) is 0 Å². The van der Waals surface area contributed by atoms with Gasteiger partial charge in [-0.3, -0.25) is 4.79 Å². The number of para-hydroxylation sites is 1. The molecule has 0 bridgehead atoms. The highest BCUT2D eigenvalue weighted by atomic mass is 16.2. The Morgan fingerprint density at radius 1 is 0.773 bits per heavy atom. The van der Waals surface area contributed by atoms with Gasteiger partial charge >= 0.3 is 0 Å². The number of unbranched alkanes of at least 4 members (excludes halogenated alkanes) is 9. The minimum Gasteiger partial charge on any atom is -0.396 e. The number of hydrogen-bond donors (Lipinski definition) is 2. The van der Waals surface area contributed by atoms with Crippen LogP contribution in [-0.4, -0.2) is 17.6 Å². The quantitative estimate of drug-likeness (QED) is 0.509. The minimum atomic E-state index is 0.120. The SMILES string of the molecule is O=C(CCCCCCCCCCCCO)Nc1ccccc1. The number of benzene rings is 1. The molecule has 0 spiro atoms. The second-order valence-corrected chi connectivity index (χ2v) is 5.92. The fourth-order valence-corrected chi connectivity index (χ4v) is 2.56. The first-order valence-corrected chi connectivity index (χ1v) is 8.78. The summed E-state index contributed by atoms with van der Waals surface area (Å²) in [7, 11) is 0. The van der Waals surface area contributed by atoms with Crippen molar-refractivity contribution in [3.8, 4) is 0 Å². The molecule has 0 saturated carbocycles. The van der Waals surface area contributed by atoms with Gasteiger partial charge in [-0.05, 0) is 25.0 Å². The van der Waals surface area contributed by atoms with Gasteiger partial charge in [-0.1, -0.05) is 69.6 Å². The van der Waals surface area contributed by atoms with Crippen LogP contribution in [0.3, 0.4) is 0 Å². The van der Waals surface area contributed by atoms with E-state index in [4.69, 9.17) is 5.11 Å². The Labute approximate surface area is 135 Å². The predicted molar refractivity (Wildman–Crippen MR) is 92.9 cm³/mol. The summed E-state index contributed by atoms with van der Waals surface area (Å²) in [5.41, 5.74) is 0.883.